The van der Waals surface area contributed by atoms with Gasteiger partial charge < -0.3 is 4.90 Å². The lowest BCUT2D eigenvalue weighted by Crippen LogP contribution is -2.38. The molecule has 5 nitrogen and oxygen atoms in total. The number of carbonyl (C=O) groups excluding carboxylic acids is 1. The second-order valence-corrected chi connectivity index (χ2v) is 10.4. The number of anilines is 1. The number of fused-ring (bicyclic) bond motifs is 1. The van der Waals surface area contributed by atoms with Crippen molar-refractivity contribution in [2.75, 3.05) is 18.0 Å². The lowest BCUT2D eigenvalue weighted by Gasteiger charge is -2.29. The van der Waals surface area contributed by atoms with E-state index in [2.05, 4.69) is 6.92 Å². The first kappa shape index (κ1) is 20.4. The Morgan fingerprint density at radius 2 is 1.76 bits per heavy atom. The van der Waals surface area contributed by atoms with Crippen LogP contribution in [0.2, 0.25) is 5.02 Å². The van der Waals surface area contributed by atoms with E-state index in [1.165, 1.54) is 22.5 Å². The molecule has 1 amide bonds. The molecule has 29 heavy (non-hydrogen) atoms. The molecule has 1 saturated heterocycles. The number of piperidine rings is 1. The molecule has 2 aliphatic rings. The van der Waals surface area contributed by atoms with Crippen LogP contribution in [0.5, 0.6) is 0 Å². The average Bonchev–Trinajstić information content (AvgIpc) is 3.03. The van der Waals surface area contributed by atoms with Crippen molar-refractivity contribution in [1.29, 1.82) is 0 Å². The molecule has 0 spiro atoms. The zero-order valence-electron chi connectivity index (χ0n) is 16.6. The van der Waals surface area contributed by atoms with Crippen LogP contribution in [0.4, 0.5) is 5.69 Å². The van der Waals surface area contributed by atoms with Gasteiger partial charge in [-0.3, -0.25) is 4.79 Å². The fraction of sp³-hybridized carbons (Fsp3) is 0.409. The maximum absolute atomic E-state index is 13.4. The van der Waals surface area contributed by atoms with E-state index >= 15 is 0 Å². The van der Waals surface area contributed by atoms with Crippen molar-refractivity contribution in [3.05, 3.63) is 58.6 Å². The third-order valence-electron chi connectivity index (χ3n) is 5.97. The molecule has 7 heteroatoms. The van der Waals surface area contributed by atoms with E-state index in [-0.39, 0.29) is 27.4 Å². The number of hydrogen-bond donors (Lipinski definition) is 0. The predicted octanol–water partition coefficient (Wildman–Crippen LogP) is 4.35. The highest BCUT2D eigenvalue weighted by atomic mass is 35.5. The highest BCUT2D eigenvalue weighted by Gasteiger charge is 2.34. The van der Waals surface area contributed by atoms with Gasteiger partial charge in [-0.1, -0.05) is 36.7 Å². The number of carbonyl (C=O) groups is 1. The maximum Gasteiger partial charge on any atom is 0.260 e. The minimum absolute atomic E-state index is 0.0141. The number of para-hydroxylation sites is 1. The van der Waals surface area contributed by atoms with Gasteiger partial charge in [-0.25, -0.2) is 8.42 Å². The van der Waals surface area contributed by atoms with Gasteiger partial charge in [0.15, 0.2) is 0 Å². The SMILES string of the molecule is CC1CCN(S(=O)(=O)c2ccc(Cl)c(C(=O)N3c4ccccc4CC3C)c2)CC1. The summed E-state index contributed by atoms with van der Waals surface area (Å²) in [5.74, 6) is 0.261. The van der Waals surface area contributed by atoms with E-state index in [9.17, 15) is 13.2 Å². The first-order valence-electron chi connectivity index (χ1n) is 10.00. The molecule has 1 unspecified atom stereocenters. The van der Waals surface area contributed by atoms with E-state index in [0.29, 0.717) is 19.0 Å². The number of amides is 1. The number of sulfonamides is 1. The Morgan fingerprint density at radius 3 is 2.48 bits per heavy atom. The van der Waals surface area contributed by atoms with E-state index in [1.54, 1.807) is 4.90 Å². The summed E-state index contributed by atoms with van der Waals surface area (Å²) in [5.41, 5.74) is 2.19. The standard InChI is InChI=1S/C22H25ClN2O3S/c1-15-9-11-24(12-10-15)29(27,28)18-7-8-20(23)19(14-18)22(26)25-16(2)13-17-5-3-4-6-21(17)25/h3-8,14-16H,9-13H2,1-2H3. The van der Waals surface area contributed by atoms with Gasteiger partial charge in [0.05, 0.1) is 15.5 Å². The van der Waals surface area contributed by atoms with Crippen LogP contribution in [-0.4, -0.2) is 37.8 Å². The van der Waals surface area contributed by atoms with Crippen LogP contribution in [0.3, 0.4) is 0 Å². The Morgan fingerprint density at radius 1 is 1.07 bits per heavy atom. The van der Waals surface area contributed by atoms with Crippen molar-refractivity contribution in [3.8, 4) is 0 Å². The number of hydrogen-bond acceptors (Lipinski definition) is 3. The fourth-order valence-electron chi connectivity index (χ4n) is 4.21. The van der Waals surface area contributed by atoms with Crippen LogP contribution < -0.4 is 4.90 Å². The molecule has 0 aromatic heterocycles. The van der Waals surface area contributed by atoms with Crippen molar-refractivity contribution in [2.45, 2.75) is 44.0 Å². The number of benzene rings is 2. The summed E-state index contributed by atoms with van der Waals surface area (Å²) in [5, 5.41) is 0.262. The first-order valence-corrected chi connectivity index (χ1v) is 11.8. The largest absolute Gasteiger partial charge is 0.305 e. The van der Waals surface area contributed by atoms with Crippen LogP contribution in [-0.2, 0) is 16.4 Å². The molecule has 2 aromatic rings. The van der Waals surface area contributed by atoms with E-state index in [0.717, 1.165) is 30.5 Å². The smallest absolute Gasteiger partial charge is 0.260 e. The van der Waals surface area contributed by atoms with Crippen LogP contribution in [0, 0.1) is 5.92 Å². The van der Waals surface area contributed by atoms with Crippen LogP contribution >= 0.6 is 11.6 Å². The van der Waals surface area contributed by atoms with Crippen LogP contribution in [0.15, 0.2) is 47.4 Å². The molecule has 0 saturated carbocycles. The second-order valence-electron chi connectivity index (χ2n) is 8.09. The van der Waals surface area contributed by atoms with Crippen molar-refractivity contribution < 1.29 is 13.2 Å². The minimum Gasteiger partial charge on any atom is -0.305 e. The number of nitrogens with zero attached hydrogens (tertiary/aromatic N) is 2. The Hall–Kier alpha value is -1.89. The molecular formula is C22H25ClN2O3S. The summed E-state index contributed by atoms with van der Waals surface area (Å²) < 4.78 is 27.8. The first-order chi connectivity index (χ1) is 13.8. The summed E-state index contributed by atoms with van der Waals surface area (Å²) in [6, 6.07) is 12.2. The van der Waals surface area contributed by atoms with Gasteiger partial charge in [0.2, 0.25) is 10.0 Å². The Bertz CT molecular complexity index is 1050. The molecule has 0 aliphatic carbocycles. The lowest BCUT2D eigenvalue weighted by atomic mass is 10.0. The summed E-state index contributed by atoms with van der Waals surface area (Å²) in [6.07, 6.45) is 2.46. The molecule has 0 radical (unpaired) electrons. The number of rotatable bonds is 3. The quantitative estimate of drug-likeness (QED) is 0.724. The van der Waals surface area contributed by atoms with Gasteiger partial charge in [0, 0.05) is 24.8 Å². The molecular weight excluding hydrogens is 408 g/mol. The molecule has 0 bridgehead atoms. The molecule has 2 aromatic carbocycles. The summed E-state index contributed by atoms with van der Waals surface area (Å²) >= 11 is 6.34. The normalized spacial score (nSPS) is 20.7. The molecule has 1 atom stereocenters. The third kappa shape index (κ3) is 3.69. The predicted molar refractivity (Wildman–Crippen MR) is 115 cm³/mol. The Balaban J connectivity index is 1.68. The topological polar surface area (TPSA) is 57.7 Å². The lowest BCUT2D eigenvalue weighted by molar-refractivity contribution is 0.0981. The van der Waals surface area contributed by atoms with Gasteiger partial charge in [-0.05, 0) is 61.9 Å². The Labute approximate surface area is 177 Å². The van der Waals surface area contributed by atoms with Crippen molar-refractivity contribution in [1.82, 2.24) is 4.31 Å². The zero-order chi connectivity index (χ0) is 20.8. The molecule has 2 heterocycles. The van der Waals surface area contributed by atoms with Crippen molar-refractivity contribution in [2.24, 2.45) is 5.92 Å². The van der Waals surface area contributed by atoms with Gasteiger partial charge >= 0.3 is 0 Å². The third-order valence-corrected chi connectivity index (χ3v) is 8.20. The average molecular weight is 433 g/mol. The molecule has 1 fully saturated rings. The fourth-order valence-corrected chi connectivity index (χ4v) is 5.90. The summed E-state index contributed by atoms with van der Waals surface area (Å²) in [7, 11) is -3.65. The van der Waals surface area contributed by atoms with Crippen molar-refractivity contribution in [3.63, 3.8) is 0 Å². The molecule has 0 N–H and O–H groups in total. The minimum atomic E-state index is -3.65. The van der Waals surface area contributed by atoms with Gasteiger partial charge in [-0.15, -0.1) is 0 Å². The molecule has 154 valence electrons. The second kappa shape index (κ2) is 7.74. The van der Waals surface area contributed by atoms with Gasteiger partial charge in [0.25, 0.3) is 5.91 Å². The number of halogens is 1. The van der Waals surface area contributed by atoms with E-state index in [4.69, 9.17) is 11.6 Å². The van der Waals surface area contributed by atoms with Crippen LogP contribution in [0.25, 0.3) is 0 Å². The maximum atomic E-state index is 13.4. The summed E-state index contributed by atoms with van der Waals surface area (Å²) in [6.45, 7) is 5.14. The van der Waals surface area contributed by atoms with Crippen molar-refractivity contribution >= 4 is 33.2 Å². The van der Waals surface area contributed by atoms with Crippen LogP contribution in [0.1, 0.15) is 42.6 Å². The van der Waals surface area contributed by atoms with Gasteiger partial charge in [0.1, 0.15) is 0 Å². The highest BCUT2D eigenvalue weighted by molar-refractivity contribution is 7.89. The molecule has 2 aliphatic heterocycles. The zero-order valence-corrected chi connectivity index (χ0v) is 18.2. The summed E-state index contributed by atoms with van der Waals surface area (Å²) in [4.78, 5) is 15.2. The van der Waals surface area contributed by atoms with E-state index in [1.807, 2.05) is 31.2 Å². The Kier molecular flexibility index (Phi) is 5.44. The van der Waals surface area contributed by atoms with E-state index < -0.39 is 10.0 Å². The monoisotopic (exact) mass is 432 g/mol. The highest BCUT2D eigenvalue weighted by Crippen LogP contribution is 2.35. The molecule has 4 rings (SSSR count). The van der Waals surface area contributed by atoms with Gasteiger partial charge in [-0.2, -0.15) is 4.31 Å².